The lowest BCUT2D eigenvalue weighted by atomic mass is 10.00. The average molecular weight is 577 g/mol. The summed E-state index contributed by atoms with van der Waals surface area (Å²) in [6, 6.07) is 5.06. The summed E-state index contributed by atoms with van der Waals surface area (Å²) in [6.45, 7) is 3.15. The molecule has 9 nitrogen and oxygen atoms in total. The summed E-state index contributed by atoms with van der Waals surface area (Å²) in [7, 11) is 1.20. The Hall–Kier alpha value is -4.12. The Morgan fingerprint density at radius 2 is 1.95 bits per heavy atom. The number of methoxy groups -OCH3 is 1. The molecule has 1 unspecified atom stereocenters. The van der Waals surface area contributed by atoms with E-state index < -0.39 is 57.0 Å². The average Bonchev–Trinajstić information content (AvgIpc) is 3.32. The van der Waals surface area contributed by atoms with Crippen LogP contribution >= 0.6 is 11.6 Å². The van der Waals surface area contributed by atoms with Crippen LogP contribution in [0.4, 0.5) is 24.5 Å². The van der Waals surface area contributed by atoms with Gasteiger partial charge in [-0.15, -0.1) is 6.42 Å². The van der Waals surface area contributed by atoms with Crippen molar-refractivity contribution >= 4 is 51.1 Å². The third kappa shape index (κ3) is 5.14. The molecule has 0 aliphatic carbocycles. The highest BCUT2D eigenvalue weighted by molar-refractivity contribution is 7.81. The van der Waals surface area contributed by atoms with E-state index in [0.29, 0.717) is 4.31 Å². The number of nitrogens with one attached hydrogen (secondary N) is 2. The number of carbonyl (C=O) groups is 1. The summed E-state index contributed by atoms with van der Waals surface area (Å²) in [5.41, 5.74) is -3.92. The number of benzene rings is 2. The van der Waals surface area contributed by atoms with E-state index in [1.54, 1.807) is 13.8 Å². The molecule has 0 aliphatic rings. The van der Waals surface area contributed by atoms with Crippen molar-refractivity contribution < 1.29 is 31.5 Å². The number of carbonyl (C=O) groups excluding carboxylic acids is 1. The zero-order valence-electron chi connectivity index (χ0n) is 20.4. The van der Waals surface area contributed by atoms with Crippen LogP contribution in [0.5, 0.6) is 5.88 Å². The number of anilines is 2. The van der Waals surface area contributed by atoms with Gasteiger partial charge in [0.15, 0.2) is 11.6 Å². The van der Waals surface area contributed by atoms with Crippen LogP contribution in [0.2, 0.25) is 5.02 Å². The van der Waals surface area contributed by atoms with Gasteiger partial charge in [0.2, 0.25) is 5.88 Å². The molecule has 0 bridgehead atoms. The first-order valence-corrected chi connectivity index (χ1v) is 12.4. The van der Waals surface area contributed by atoms with E-state index in [1.165, 1.54) is 19.4 Å². The van der Waals surface area contributed by atoms with Crippen LogP contribution in [0.15, 0.2) is 36.5 Å². The van der Waals surface area contributed by atoms with E-state index in [0.717, 1.165) is 24.3 Å². The van der Waals surface area contributed by atoms with Crippen molar-refractivity contribution in [2.45, 2.75) is 19.4 Å². The van der Waals surface area contributed by atoms with E-state index in [9.17, 15) is 17.9 Å². The number of terminal acetylenes is 1. The zero-order chi connectivity index (χ0) is 28.6. The van der Waals surface area contributed by atoms with E-state index in [1.807, 2.05) is 0 Å². The van der Waals surface area contributed by atoms with Crippen molar-refractivity contribution in [3.05, 3.63) is 64.7 Å². The number of nitrogens with zero attached hydrogens (tertiary/aromatic N) is 3. The summed E-state index contributed by atoms with van der Waals surface area (Å²) in [4.78, 5) is 16.5. The highest BCUT2D eigenvalue weighted by atomic mass is 35.5. The number of H-pyrrole nitrogens is 1. The van der Waals surface area contributed by atoms with Crippen LogP contribution in [-0.2, 0) is 11.3 Å². The van der Waals surface area contributed by atoms with Gasteiger partial charge in [0.25, 0.3) is 5.91 Å². The third-order valence-electron chi connectivity index (χ3n) is 5.60. The quantitative estimate of drug-likeness (QED) is 0.241. The third-order valence-corrected chi connectivity index (χ3v) is 6.50. The van der Waals surface area contributed by atoms with Crippen molar-refractivity contribution in [2.75, 3.05) is 11.4 Å². The first kappa shape index (κ1) is 27.9. The number of ether oxygens (including phenoxy) is 1. The van der Waals surface area contributed by atoms with E-state index in [-0.39, 0.29) is 33.2 Å². The van der Waals surface area contributed by atoms with Crippen molar-refractivity contribution in [3.8, 4) is 29.4 Å². The number of halogens is 4. The largest absolute Gasteiger partial charge is 0.755 e. The lowest BCUT2D eigenvalue weighted by molar-refractivity contribution is 0.0926. The fourth-order valence-electron chi connectivity index (χ4n) is 3.75. The van der Waals surface area contributed by atoms with Crippen LogP contribution in [0, 0.1) is 29.8 Å². The van der Waals surface area contributed by atoms with Gasteiger partial charge in [0.05, 0.1) is 40.2 Å². The maximum absolute atomic E-state index is 15.9. The number of pyridine rings is 1. The normalized spacial score (nSPS) is 12.2. The van der Waals surface area contributed by atoms with E-state index >= 15 is 8.78 Å². The molecule has 2 aromatic carbocycles. The van der Waals surface area contributed by atoms with Crippen LogP contribution in [0.3, 0.4) is 0 Å². The summed E-state index contributed by atoms with van der Waals surface area (Å²) >= 11 is 2.78. The van der Waals surface area contributed by atoms with Gasteiger partial charge in [-0.25, -0.2) is 18.2 Å². The fraction of sp³-hybridized carbons (Fsp3) is 0.160. The number of hydrogen-bond acceptors (Lipinski definition) is 6. The number of amides is 1. The molecular formula is C25H18ClF3N5O4S-. The van der Waals surface area contributed by atoms with E-state index in [2.05, 4.69) is 26.4 Å². The summed E-state index contributed by atoms with van der Waals surface area (Å²) < 4.78 is 76.4. The molecule has 4 rings (SSSR count). The number of aromatic nitrogens is 3. The molecular weight excluding hydrogens is 559 g/mol. The van der Waals surface area contributed by atoms with Crippen molar-refractivity contribution in [1.29, 1.82) is 0 Å². The Labute approximate surface area is 227 Å². The summed E-state index contributed by atoms with van der Waals surface area (Å²) in [6.07, 6.45) is 6.57. The van der Waals surface area contributed by atoms with Crippen LogP contribution in [0.25, 0.3) is 22.0 Å². The molecule has 0 aliphatic heterocycles. The van der Waals surface area contributed by atoms with Gasteiger partial charge in [-0.05, 0) is 38.1 Å². The minimum Gasteiger partial charge on any atom is -0.755 e. The highest BCUT2D eigenvalue weighted by Crippen LogP contribution is 2.41. The molecule has 2 heterocycles. The summed E-state index contributed by atoms with van der Waals surface area (Å²) in [5.74, 6) is -2.27. The molecule has 0 spiro atoms. The Balaban J connectivity index is 1.87. The molecule has 0 saturated carbocycles. The second-order valence-corrected chi connectivity index (χ2v) is 9.83. The van der Waals surface area contributed by atoms with Gasteiger partial charge in [0, 0.05) is 17.1 Å². The van der Waals surface area contributed by atoms with E-state index in [4.69, 9.17) is 22.8 Å². The molecule has 1 amide bonds. The van der Waals surface area contributed by atoms with Gasteiger partial charge >= 0.3 is 0 Å². The zero-order valence-corrected chi connectivity index (χ0v) is 22.0. The minimum absolute atomic E-state index is 0.00416. The SMILES string of the molecule is C#CC(C)(C)NC(=O)c1[nH]nc2c(F)c(-c3c(F)ccc(N(c4cc(Cl)cnc4OC)S(=O)[O-])c3F)ccc12. The predicted octanol–water partition coefficient (Wildman–Crippen LogP) is 4.78. The first-order chi connectivity index (χ1) is 18.4. The number of rotatable bonds is 7. The van der Waals surface area contributed by atoms with Gasteiger partial charge in [-0.1, -0.05) is 23.6 Å². The Bertz CT molecular complexity index is 1690. The minimum atomic E-state index is -3.17. The standard InChI is InChI=1S/C25H19ClF3N5O4S/c1-5-25(2,3)31-23(35)22-14-7-6-13(19(28)21(14)32-33-22)18-15(27)8-9-16(20(18)29)34(39(36)37)17-10-12(26)11-30-24(17)38-4/h1,6-11H,2-4H3,(H,31,35)(H,32,33)(H,36,37)/p-1. The summed E-state index contributed by atoms with van der Waals surface area (Å²) in [5, 5.41) is 8.81. The smallest absolute Gasteiger partial charge is 0.271 e. The van der Waals surface area contributed by atoms with Crippen LogP contribution in [-0.4, -0.2) is 42.5 Å². The highest BCUT2D eigenvalue weighted by Gasteiger charge is 2.28. The lowest BCUT2D eigenvalue weighted by Crippen LogP contribution is -2.42. The first-order valence-electron chi connectivity index (χ1n) is 10.9. The van der Waals surface area contributed by atoms with Gasteiger partial charge in [-0.2, -0.15) is 5.10 Å². The number of hydrogen-bond donors (Lipinski definition) is 2. The van der Waals surface area contributed by atoms with Crippen LogP contribution in [0.1, 0.15) is 24.3 Å². The maximum Gasteiger partial charge on any atom is 0.271 e. The second-order valence-electron chi connectivity index (χ2n) is 8.59. The monoisotopic (exact) mass is 576 g/mol. The fourth-order valence-corrected chi connectivity index (χ4v) is 4.50. The topological polar surface area (TPSA) is 123 Å². The Kier molecular flexibility index (Phi) is 7.56. The molecule has 2 aromatic heterocycles. The maximum atomic E-state index is 15.9. The molecule has 0 fully saturated rings. The molecule has 4 aromatic rings. The Morgan fingerprint density at radius 3 is 2.59 bits per heavy atom. The number of aromatic amines is 1. The van der Waals surface area contributed by atoms with Gasteiger partial charge in [0.1, 0.15) is 22.7 Å². The molecule has 0 saturated heterocycles. The molecule has 202 valence electrons. The second kappa shape index (κ2) is 10.6. The Morgan fingerprint density at radius 1 is 1.23 bits per heavy atom. The van der Waals surface area contributed by atoms with Crippen molar-refractivity contribution in [3.63, 3.8) is 0 Å². The lowest BCUT2D eigenvalue weighted by Gasteiger charge is -2.28. The van der Waals surface area contributed by atoms with Crippen molar-refractivity contribution in [1.82, 2.24) is 20.5 Å². The van der Waals surface area contributed by atoms with Crippen molar-refractivity contribution in [2.24, 2.45) is 0 Å². The molecule has 0 radical (unpaired) electrons. The molecule has 1 atom stereocenters. The van der Waals surface area contributed by atoms with Gasteiger partial charge in [-0.3, -0.25) is 18.4 Å². The van der Waals surface area contributed by atoms with Gasteiger partial charge < -0.3 is 14.6 Å². The number of fused-ring (bicyclic) bond motifs is 1. The van der Waals surface area contributed by atoms with Crippen LogP contribution < -0.4 is 14.4 Å². The molecule has 39 heavy (non-hydrogen) atoms. The molecule has 2 N–H and O–H groups in total. The molecule has 14 heteroatoms. The predicted molar refractivity (Wildman–Crippen MR) is 139 cm³/mol.